The average molecular weight is 332 g/mol. The summed E-state index contributed by atoms with van der Waals surface area (Å²) in [6.45, 7) is 4.88. The predicted octanol–water partition coefficient (Wildman–Crippen LogP) is -3.69. The summed E-state index contributed by atoms with van der Waals surface area (Å²) >= 11 is 0. The molecule has 0 spiro atoms. The lowest BCUT2D eigenvalue weighted by Crippen LogP contribution is -2.46. The first-order valence-corrected chi connectivity index (χ1v) is 7.46. The molecule has 0 aromatic rings. The highest BCUT2D eigenvalue weighted by Crippen LogP contribution is 2.13. The van der Waals surface area contributed by atoms with Crippen LogP contribution in [0.1, 0.15) is 6.92 Å². The van der Waals surface area contributed by atoms with Gasteiger partial charge in [0.15, 0.2) is 0 Å². The number of amidine groups is 2. The molecule has 0 aromatic carbocycles. The van der Waals surface area contributed by atoms with Crippen LogP contribution in [0.25, 0.3) is 0 Å². The van der Waals surface area contributed by atoms with E-state index in [2.05, 4.69) is 20.6 Å². The van der Waals surface area contributed by atoms with E-state index in [0.29, 0.717) is 0 Å². The van der Waals surface area contributed by atoms with Crippen molar-refractivity contribution in [2.75, 3.05) is 39.4 Å². The van der Waals surface area contributed by atoms with E-state index >= 15 is 0 Å². The van der Waals surface area contributed by atoms with E-state index < -0.39 is 13.4 Å². The number of aliphatic hydroxyl groups excluding tert-OH is 2. The summed E-state index contributed by atoms with van der Waals surface area (Å²) in [5, 5.41) is 47.1. The third-order valence-electron chi connectivity index (χ3n) is 3.18. The van der Waals surface area contributed by atoms with Gasteiger partial charge in [-0.15, -0.1) is 0 Å². The highest BCUT2D eigenvalue weighted by Gasteiger charge is 2.32. The second kappa shape index (κ2) is 10.5. The molecule has 0 bridgehead atoms. The Kier molecular flexibility index (Phi) is 9.06. The monoisotopic (exact) mass is 332 g/mol. The fraction of sp³-hybridized carbons (Fsp3) is 0.833. The molecule has 2 unspecified atom stereocenters. The van der Waals surface area contributed by atoms with Gasteiger partial charge in [-0.3, -0.25) is 9.98 Å². The Hall–Kier alpha value is -1.24. The molecule has 2 rings (SSSR count). The van der Waals surface area contributed by atoms with Crippen LogP contribution in [-0.2, 0) is 4.74 Å². The van der Waals surface area contributed by atoms with Gasteiger partial charge in [0.05, 0.1) is 38.5 Å². The van der Waals surface area contributed by atoms with Crippen molar-refractivity contribution in [1.82, 2.24) is 10.6 Å². The molecule has 2 aliphatic rings. The molecule has 2 aliphatic heterocycles. The summed E-state index contributed by atoms with van der Waals surface area (Å²) in [7, 11) is -2.17. The Bertz CT molecular complexity index is 382. The molecular weight excluding hydrogens is 307 g/mol. The SMILES string of the molecule is CC(CO)OCC(O)C(C1=NCCN1)C1=NCCN1.OB(O)O. The van der Waals surface area contributed by atoms with Crippen molar-refractivity contribution in [2.45, 2.75) is 19.1 Å². The quantitative estimate of drug-likeness (QED) is 0.235. The molecule has 7 N–H and O–H groups in total. The molecule has 0 aliphatic carbocycles. The van der Waals surface area contributed by atoms with E-state index in [9.17, 15) is 5.11 Å². The van der Waals surface area contributed by atoms with E-state index in [1.54, 1.807) is 6.92 Å². The zero-order valence-electron chi connectivity index (χ0n) is 13.1. The lowest BCUT2D eigenvalue weighted by molar-refractivity contribution is -0.0270. The number of aliphatic imine (C=N–C) groups is 2. The first-order chi connectivity index (χ1) is 11.0. The van der Waals surface area contributed by atoms with Crippen LogP contribution in [0.4, 0.5) is 0 Å². The van der Waals surface area contributed by atoms with Gasteiger partial charge in [-0.25, -0.2) is 0 Å². The van der Waals surface area contributed by atoms with Crippen molar-refractivity contribution >= 4 is 19.0 Å². The van der Waals surface area contributed by atoms with Gasteiger partial charge in [0, 0.05) is 13.1 Å². The van der Waals surface area contributed by atoms with E-state index in [1.165, 1.54) is 0 Å². The zero-order chi connectivity index (χ0) is 17.2. The van der Waals surface area contributed by atoms with Crippen LogP contribution < -0.4 is 10.6 Å². The molecular formula is C12H25BN4O6. The number of hydrogen-bond acceptors (Lipinski definition) is 10. The van der Waals surface area contributed by atoms with Crippen LogP contribution in [0.5, 0.6) is 0 Å². The van der Waals surface area contributed by atoms with Gasteiger partial charge in [-0.1, -0.05) is 0 Å². The Morgan fingerprint density at radius 3 is 1.96 bits per heavy atom. The van der Waals surface area contributed by atoms with Crippen molar-refractivity contribution < 1.29 is 30.0 Å². The second-order valence-electron chi connectivity index (χ2n) is 5.11. The number of nitrogens with one attached hydrogen (secondary N) is 2. The molecule has 23 heavy (non-hydrogen) atoms. The van der Waals surface area contributed by atoms with E-state index in [0.717, 1.165) is 37.9 Å². The van der Waals surface area contributed by atoms with Gasteiger partial charge < -0.3 is 40.7 Å². The second-order valence-corrected chi connectivity index (χ2v) is 5.11. The molecule has 10 nitrogen and oxygen atoms in total. The largest absolute Gasteiger partial charge is 0.631 e. The Morgan fingerprint density at radius 1 is 1.13 bits per heavy atom. The Morgan fingerprint density at radius 2 is 1.61 bits per heavy atom. The van der Waals surface area contributed by atoms with Gasteiger partial charge in [0.2, 0.25) is 0 Å². The van der Waals surface area contributed by atoms with E-state index in [4.69, 9.17) is 24.9 Å². The van der Waals surface area contributed by atoms with Crippen LogP contribution in [0.2, 0.25) is 0 Å². The smallest absolute Gasteiger partial charge is 0.402 e. The minimum absolute atomic E-state index is 0.0597. The van der Waals surface area contributed by atoms with Crippen LogP contribution in [0.15, 0.2) is 9.98 Å². The van der Waals surface area contributed by atoms with Gasteiger partial charge in [0.25, 0.3) is 0 Å². The first-order valence-electron chi connectivity index (χ1n) is 7.46. The highest BCUT2D eigenvalue weighted by molar-refractivity contribution is 6.30. The molecule has 2 heterocycles. The summed E-state index contributed by atoms with van der Waals surface area (Å²) in [4.78, 5) is 8.74. The van der Waals surface area contributed by atoms with Crippen molar-refractivity contribution in [1.29, 1.82) is 0 Å². The number of rotatable bonds is 7. The summed E-state index contributed by atoms with van der Waals surface area (Å²) in [6, 6.07) is 0. The lowest BCUT2D eigenvalue weighted by atomic mass is 10.00. The standard InChI is InChI=1S/C12H22N4O3.BH3O3/c1-8(6-17)19-7-9(18)10(11-13-2-3-14-11)12-15-4-5-16-12;2-1(3)4/h8-10,17-18H,2-7H2,1H3,(H,13,14)(H,15,16);2-4H. The molecule has 0 radical (unpaired) electrons. The Balaban J connectivity index is 0.000000593. The van der Waals surface area contributed by atoms with Crippen LogP contribution in [0, 0.1) is 5.92 Å². The summed E-state index contributed by atoms with van der Waals surface area (Å²) in [6.07, 6.45) is -1.02. The van der Waals surface area contributed by atoms with Crippen LogP contribution >= 0.6 is 0 Å². The van der Waals surface area contributed by atoms with Crippen molar-refractivity contribution in [3.8, 4) is 0 Å². The van der Waals surface area contributed by atoms with Crippen molar-refractivity contribution in [3.63, 3.8) is 0 Å². The maximum absolute atomic E-state index is 10.3. The number of nitrogens with zero attached hydrogens (tertiary/aromatic N) is 2. The Labute approximate surface area is 135 Å². The molecule has 0 saturated carbocycles. The van der Waals surface area contributed by atoms with Gasteiger partial charge in [-0.2, -0.15) is 0 Å². The molecule has 0 amide bonds. The maximum Gasteiger partial charge on any atom is 0.631 e. The van der Waals surface area contributed by atoms with Gasteiger partial charge in [-0.05, 0) is 6.92 Å². The fourth-order valence-corrected chi connectivity index (χ4v) is 2.15. The highest BCUT2D eigenvalue weighted by atomic mass is 16.5. The fourth-order valence-electron chi connectivity index (χ4n) is 2.15. The summed E-state index contributed by atoms with van der Waals surface area (Å²) in [5.74, 6) is 1.23. The molecule has 11 heteroatoms. The minimum Gasteiger partial charge on any atom is -0.402 e. The number of ether oxygens (including phenoxy) is 1. The third-order valence-corrected chi connectivity index (χ3v) is 3.18. The molecule has 0 aromatic heterocycles. The molecule has 2 atom stereocenters. The normalized spacial score (nSPS) is 19.1. The minimum atomic E-state index is -2.17. The van der Waals surface area contributed by atoms with Crippen molar-refractivity contribution in [2.24, 2.45) is 15.9 Å². The van der Waals surface area contributed by atoms with E-state index in [-0.39, 0.29) is 25.2 Å². The van der Waals surface area contributed by atoms with Crippen LogP contribution in [-0.4, -0.2) is 95.9 Å². The van der Waals surface area contributed by atoms with Gasteiger partial charge in [0.1, 0.15) is 17.6 Å². The topological polar surface area (TPSA) is 159 Å². The van der Waals surface area contributed by atoms with E-state index in [1.807, 2.05) is 0 Å². The summed E-state index contributed by atoms with van der Waals surface area (Å²) in [5.41, 5.74) is 0. The molecule has 0 fully saturated rings. The lowest BCUT2D eigenvalue weighted by Gasteiger charge is -2.24. The van der Waals surface area contributed by atoms with Crippen LogP contribution in [0.3, 0.4) is 0 Å². The third kappa shape index (κ3) is 7.25. The average Bonchev–Trinajstić information content (AvgIpc) is 3.18. The maximum atomic E-state index is 10.3. The van der Waals surface area contributed by atoms with Gasteiger partial charge >= 0.3 is 7.32 Å². The summed E-state index contributed by atoms with van der Waals surface area (Å²) < 4.78 is 5.39. The predicted molar refractivity (Wildman–Crippen MR) is 85.0 cm³/mol. The molecule has 0 saturated heterocycles. The van der Waals surface area contributed by atoms with Crippen molar-refractivity contribution in [3.05, 3.63) is 0 Å². The number of hydrogen-bond donors (Lipinski definition) is 7. The number of aliphatic hydroxyl groups is 2. The first kappa shape index (κ1) is 19.8. The molecule has 132 valence electrons. The zero-order valence-corrected chi connectivity index (χ0v) is 13.1.